The second-order valence-electron chi connectivity index (χ2n) is 7.33. The molecule has 0 radical (unpaired) electrons. The molecule has 1 aromatic rings. The van der Waals surface area contributed by atoms with Gasteiger partial charge in [-0.15, -0.1) is 0 Å². The fraction of sp³-hybridized carbons (Fsp3) is 0.688. The molecule has 3 N–H and O–H groups in total. The first-order chi connectivity index (χ1) is 11.1. The highest BCUT2D eigenvalue weighted by atomic mass is 16.5. The summed E-state index contributed by atoms with van der Waals surface area (Å²) in [5.74, 6) is -0.513. The van der Waals surface area contributed by atoms with Crippen LogP contribution in [0.25, 0.3) is 0 Å². The van der Waals surface area contributed by atoms with Gasteiger partial charge in [-0.25, -0.2) is 0 Å². The topological polar surface area (TPSA) is 108 Å². The quantitative estimate of drug-likeness (QED) is 0.722. The van der Waals surface area contributed by atoms with Crippen LogP contribution < -0.4 is 5.32 Å². The molecule has 2 heterocycles. The summed E-state index contributed by atoms with van der Waals surface area (Å²) in [6, 6.07) is 1.74. The van der Waals surface area contributed by atoms with Crippen LogP contribution in [0.5, 0.6) is 0 Å². The lowest BCUT2D eigenvalue weighted by molar-refractivity contribution is -0.120. The van der Waals surface area contributed by atoms with Crippen LogP contribution >= 0.6 is 0 Å². The van der Waals surface area contributed by atoms with Crippen LogP contribution in [-0.2, 0) is 14.9 Å². The van der Waals surface area contributed by atoms with E-state index in [1.54, 1.807) is 6.07 Å². The maximum absolute atomic E-state index is 12.7. The molecular formula is C16H26N4O4. The molecule has 0 aromatic carbocycles. The SMILES string of the molecule is CC(=O)NC[C@@]1(O)COCCN(C(=O)c2cc(C(C)(C)C)[nH]n2)C1. The molecule has 134 valence electrons. The predicted octanol–water partition coefficient (Wildman–Crippen LogP) is 0.0468. The molecule has 8 heteroatoms. The number of hydrogen-bond donors (Lipinski definition) is 3. The molecule has 8 nitrogen and oxygen atoms in total. The average molecular weight is 338 g/mol. The number of nitrogens with one attached hydrogen (secondary N) is 2. The number of amides is 2. The van der Waals surface area contributed by atoms with Gasteiger partial charge >= 0.3 is 0 Å². The van der Waals surface area contributed by atoms with Gasteiger partial charge in [-0.1, -0.05) is 20.8 Å². The first kappa shape index (κ1) is 18.4. The maximum Gasteiger partial charge on any atom is 0.274 e. The van der Waals surface area contributed by atoms with Gasteiger partial charge in [0.25, 0.3) is 5.91 Å². The van der Waals surface area contributed by atoms with E-state index in [9.17, 15) is 14.7 Å². The second-order valence-corrected chi connectivity index (χ2v) is 7.33. The summed E-state index contributed by atoms with van der Waals surface area (Å²) < 4.78 is 5.39. The van der Waals surface area contributed by atoms with E-state index in [0.29, 0.717) is 18.8 Å². The Hall–Kier alpha value is -1.93. The van der Waals surface area contributed by atoms with Crippen molar-refractivity contribution in [3.05, 3.63) is 17.5 Å². The summed E-state index contributed by atoms with van der Waals surface area (Å²) in [4.78, 5) is 25.3. The van der Waals surface area contributed by atoms with E-state index in [0.717, 1.165) is 5.69 Å². The van der Waals surface area contributed by atoms with Gasteiger partial charge < -0.3 is 20.1 Å². The summed E-state index contributed by atoms with van der Waals surface area (Å²) in [6.45, 7) is 8.31. The van der Waals surface area contributed by atoms with E-state index in [-0.39, 0.29) is 36.9 Å². The lowest BCUT2D eigenvalue weighted by Crippen LogP contribution is -2.53. The Bertz CT molecular complexity index is 607. The number of H-pyrrole nitrogens is 1. The molecule has 24 heavy (non-hydrogen) atoms. The minimum Gasteiger partial charge on any atom is -0.384 e. The Kier molecular flexibility index (Phi) is 5.29. The van der Waals surface area contributed by atoms with Crippen molar-refractivity contribution in [1.82, 2.24) is 20.4 Å². The molecule has 1 saturated heterocycles. The molecule has 2 rings (SSSR count). The number of nitrogens with zero attached hydrogens (tertiary/aromatic N) is 2. The van der Waals surface area contributed by atoms with Crippen molar-refractivity contribution < 1.29 is 19.4 Å². The highest BCUT2D eigenvalue weighted by Gasteiger charge is 2.35. The lowest BCUT2D eigenvalue weighted by atomic mass is 9.92. The number of aromatic nitrogens is 2. The normalized spacial score (nSPS) is 22.1. The number of β-amino-alcohol motifs (C(OH)–C–C–N with tert-alkyl or cyclic N) is 1. The summed E-state index contributed by atoms with van der Waals surface area (Å²) in [5.41, 5.74) is -0.283. The Labute approximate surface area is 141 Å². The van der Waals surface area contributed by atoms with Crippen molar-refractivity contribution in [2.45, 2.75) is 38.7 Å². The molecule has 1 atom stereocenters. The van der Waals surface area contributed by atoms with Gasteiger partial charge in [0.05, 0.1) is 26.3 Å². The van der Waals surface area contributed by atoms with Crippen molar-refractivity contribution in [3.8, 4) is 0 Å². The van der Waals surface area contributed by atoms with Crippen LogP contribution in [0, 0.1) is 0 Å². The fourth-order valence-electron chi connectivity index (χ4n) is 2.46. The molecule has 0 bridgehead atoms. The van der Waals surface area contributed by atoms with Crippen molar-refractivity contribution in [2.24, 2.45) is 0 Å². The Morgan fingerprint density at radius 1 is 1.50 bits per heavy atom. The van der Waals surface area contributed by atoms with Gasteiger partial charge in [-0.3, -0.25) is 14.7 Å². The van der Waals surface area contributed by atoms with E-state index in [1.165, 1.54) is 11.8 Å². The number of aromatic amines is 1. The molecule has 0 saturated carbocycles. The number of hydrogen-bond acceptors (Lipinski definition) is 5. The summed E-state index contributed by atoms with van der Waals surface area (Å²) in [5, 5.41) is 20.2. The van der Waals surface area contributed by atoms with Gasteiger partial charge in [0.15, 0.2) is 0 Å². The highest BCUT2D eigenvalue weighted by molar-refractivity contribution is 5.92. The van der Waals surface area contributed by atoms with Crippen molar-refractivity contribution >= 4 is 11.8 Å². The standard InChI is InChI=1S/C16H26N4O4/c1-11(21)17-8-16(23)9-20(5-6-24-10-16)14(22)12-7-13(19-18-12)15(2,3)4/h7,23H,5-6,8-10H2,1-4H3,(H,17,21)(H,18,19)/t16-/m0/s1. The molecular weight excluding hydrogens is 312 g/mol. The predicted molar refractivity (Wildman–Crippen MR) is 87.6 cm³/mol. The third kappa shape index (κ3) is 4.55. The number of carbonyl (C=O) groups excluding carboxylic acids is 2. The first-order valence-electron chi connectivity index (χ1n) is 8.00. The van der Waals surface area contributed by atoms with Crippen molar-refractivity contribution in [3.63, 3.8) is 0 Å². The van der Waals surface area contributed by atoms with Crippen LogP contribution in [0.1, 0.15) is 43.9 Å². The minimum absolute atomic E-state index is 0.0277. The largest absolute Gasteiger partial charge is 0.384 e. The third-order valence-corrected chi connectivity index (χ3v) is 3.92. The highest BCUT2D eigenvalue weighted by Crippen LogP contribution is 2.21. The van der Waals surface area contributed by atoms with E-state index in [4.69, 9.17) is 4.74 Å². The minimum atomic E-state index is -1.32. The van der Waals surface area contributed by atoms with Crippen LogP contribution in [-0.4, -0.2) is 70.5 Å². The molecule has 2 amide bonds. The van der Waals surface area contributed by atoms with Gasteiger partial charge in [0, 0.05) is 24.6 Å². The van der Waals surface area contributed by atoms with Crippen LogP contribution in [0.15, 0.2) is 6.07 Å². The molecule has 1 aliphatic rings. The lowest BCUT2D eigenvalue weighted by Gasteiger charge is -2.30. The summed E-state index contributed by atoms with van der Waals surface area (Å²) in [7, 11) is 0. The molecule has 1 aliphatic heterocycles. The zero-order valence-electron chi connectivity index (χ0n) is 14.7. The van der Waals surface area contributed by atoms with Gasteiger partial charge in [0.2, 0.25) is 5.91 Å². The molecule has 0 spiro atoms. The Morgan fingerprint density at radius 2 is 2.21 bits per heavy atom. The van der Waals surface area contributed by atoms with Gasteiger partial charge in [-0.05, 0) is 6.07 Å². The number of ether oxygens (including phenoxy) is 1. The van der Waals surface area contributed by atoms with Crippen LogP contribution in [0.2, 0.25) is 0 Å². The monoisotopic (exact) mass is 338 g/mol. The first-order valence-corrected chi connectivity index (χ1v) is 8.00. The third-order valence-electron chi connectivity index (χ3n) is 3.92. The average Bonchev–Trinajstić information content (AvgIpc) is 2.90. The van der Waals surface area contributed by atoms with Crippen LogP contribution in [0.3, 0.4) is 0 Å². The smallest absolute Gasteiger partial charge is 0.274 e. The summed E-state index contributed by atoms with van der Waals surface area (Å²) >= 11 is 0. The Balaban J connectivity index is 2.12. The van der Waals surface area contributed by atoms with Crippen LogP contribution in [0.4, 0.5) is 0 Å². The number of rotatable bonds is 3. The van der Waals surface area contributed by atoms with Crippen molar-refractivity contribution in [2.75, 3.05) is 32.8 Å². The second kappa shape index (κ2) is 6.90. The number of carbonyl (C=O) groups is 2. The molecule has 1 aromatic heterocycles. The van der Waals surface area contributed by atoms with E-state index >= 15 is 0 Å². The molecule has 0 aliphatic carbocycles. The zero-order chi connectivity index (χ0) is 18.0. The number of aliphatic hydroxyl groups is 1. The van der Waals surface area contributed by atoms with E-state index in [2.05, 4.69) is 15.5 Å². The molecule has 0 unspecified atom stereocenters. The van der Waals surface area contributed by atoms with E-state index < -0.39 is 5.60 Å². The van der Waals surface area contributed by atoms with Crippen molar-refractivity contribution in [1.29, 1.82) is 0 Å². The zero-order valence-corrected chi connectivity index (χ0v) is 14.7. The maximum atomic E-state index is 12.7. The fourth-order valence-corrected chi connectivity index (χ4v) is 2.46. The molecule has 1 fully saturated rings. The van der Waals surface area contributed by atoms with Gasteiger partial charge in [-0.2, -0.15) is 5.10 Å². The Morgan fingerprint density at radius 3 is 2.79 bits per heavy atom. The van der Waals surface area contributed by atoms with E-state index in [1.807, 2.05) is 20.8 Å². The summed E-state index contributed by atoms with van der Waals surface area (Å²) in [6.07, 6.45) is 0. The van der Waals surface area contributed by atoms with Gasteiger partial charge in [0.1, 0.15) is 11.3 Å².